The Morgan fingerprint density at radius 1 is 1.07 bits per heavy atom. The average Bonchev–Trinajstić information content (AvgIpc) is 2.59. The standard InChI is InChI=1S/C21H22Cl2O4/c1-14(7-8-20(24)25)11-16-5-3-4-6-19(16)26-9-10-27-21-17(22)12-15(2)13-18(21)23/h3-6,12-13H,1,7-11H2,2H3,(H,24,25). The highest BCUT2D eigenvalue weighted by molar-refractivity contribution is 6.37. The summed E-state index contributed by atoms with van der Waals surface area (Å²) in [5.74, 6) is 0.341. The molecule has 2 aromatic rings. The average molecular weight is 409 g/mol. The van der Waals surface area contributed by atoms with E-state index in [0.29, 0.717) is 35.2 Å². The van der Waals surface area contributed by atoms with Crippen LogP contribution in [-0.2, 0) is 11.2 Å². The van der Waals surface area contributed by atoms with Crippen LogP contribution in [0.3, 0.4) is 0 Å². The van der Waals surface area contributed by atoms with Crippen molar-refractivity contribution in [1.29, 1.82) is 0 Å². The number of aliphatic carboxylic acids is 1. The lowest BCUT2D eigenvalue weighted by Gasteiger charge is -2.14. The molecule has 2 aromatic carbocycles. The number of para-hydroxylation sites is 1. The Hall–Kier alpha value is -2.17. The molecule has 0 bridgehead atoms. The molecule has 144 valence electrons. The Morgan fingerprint density at radius 3 is 2.37 bits per heavy atom. The van der Waals surface area contributed by atoms with Gasteiger partial charge in [-0.05, 0) is 49.1 Å². The molecule has 2 rings (SSSR count). The smallest absolute Gasteiger partial charge is 0.303 e. The minimum absolute atomic E-state index is 0.0771. The van der Waals surface area contributed by atoms with Gasteiger partial charge >= 0.3 is 5.97 Å². The van der Waals surface area contributed by atoms with Gasteiger partial charge in [-0.3, -0.25) is 4.79 Å². The van der Waals surface area contributed by atoms with Gasteiger partial charge < -0.3 is 14.6 Å². The molecule has 1 N–H and O–H groups in total. The quantitative estimate of drug-likeness (QED) is 0.403. The molecule has 4 nitrogen and oxygen atoms in total. The Balaban J connectivity index is 1.89. The van der Waals surface area contributed by atoms with E-state index in [0.717, 1.165) is 22.4 Å². The molecule has 0 atom stereocenters. The molecule has 0 fully saturated rings. The largest absolute Gasteiger partial charge is 0.490 e. The third-order valence-corrected chi connectivity index (χ3v) is 4.40. The van der Waals surface area contributed by atoms with Gasteiger partial charge in [-0.1, -0.05) is 53.6 Å². The molecular weight excluding hydrogens is 387 g/mol. The zero-order chi connectivity index (χ0) is 19.8. The fraction of sp³-hybridized carbons (Fsp3) is 0.286. The third kappa shape index (κ3) is 6.81. The van der Waals surface area contributed by atoms with E-state index in [1.54, 1.807) is 12.1 Å². The van der Waals surface area contributed by atoms with E-state index in [-0.39, 0.29) is 13.0 Å². The summed E-state index contributed by atoms with van der Waals surface area (Å²) in [7, 11) is 0. The molecule has 0 amide bonds. The van der Waals surface area contributed by atoms with E-state index >= 15 is 0 Å². The minimum Gasteiger partial charge on any atom is -0.490 e. The zero-order valence-electron chi connectivity index (χ0n) is 15.1. The Morgan fingerprint density at radius 2 is 1.70 bits per heavy atom. The molecule has 0 saturated heterocycles. The van der Waals surface area contributed by atoms with Gasteiger partial charge in [0.15, 0.2) is 5.75 Å². The fourth-order valence-electron chi connectivity index (χ4n) is 2.55. The molecule has 27 heavy (non-hydrogen) atoms. The molecular formula is C21H22Cl2O4. The number of halogens is 2. The predicted molar refractivity (Wildman–Crippen MR) is 108 cm³/mol. The number of carbonyl (C=O) groups is 1. The predicted octanol–water partition coefficient (Wildman–Crippen LogP) is 5.72. The summed E-state index contributed by atoms with van der Waals surface area (Å²) in [5.41, 5.74) is 2.77. The number of hydrogen-bond acceptors (Lipinski definition) is 3. The van der Waals surface area contributed by atoms with Crippen molar-refractivity contribution < 1.29 is 19.4 Å². The second-order valence-corrected chi connectivity index (χ2v) is 7.00. The first-order valence-electron chi connectivity index (χ1n) is 8.54. The van der Waals surface area contributed by atoms with Gasteiger partial charge in [-0.15, -0.1) is 0 Å². The first-order chi connectivity index (χ1) is 12.9. The Bertz CT molecular complexity index is 795. The van der Waals surface area contributed by atoms with Crippen LogP contribution in [0.4, 0.5) is 0 Å². The number of aryl methyl sites for hydroxylation is 1. The summed E-state index contributed by atoms with van der Waals surface area (Å²) < 4.78 is 11.5. The van der Waals surface area contributed by atoms with Crippen molar-refractivity contribution in [3.8, 4) is 11.5 Å². The molecule has 0 aliphatic rings. The number of allylic oxidation sites excluding steroid dienone is 1. The van der Waals surface area contributed by atoms with E-state index in [9.17, 15) is 4.79 Å². The maximum absolute atomic E-state index is 10.7. The minimum atomic E-state index is -0.828. The molecule has 0 saturated carbocycles. The van der Waals surface area contributed by atoms with E-state index in [4.69, 9.17) is 37.8 Å². The van der Waals surface area contributed by atoms with Crippen molar-refractivity contribution in [2.24, 2.45) is 0 Å². The molecule has 0 aliphatic carbocycles. The normalized spacial score (nSPS) is 10.5. The second-order valence-electron chi connectivity index (χ2n) is 6.18. The van der Waals surface area contributed by atoms with Crippen LogP contribution in [0.2, 0.25) is 10.0 Å². The van der Waals surface area contributed by atoms with Gasteiger partial charge in [0.05, 0.1) is 10.0 Å². The highest BCUT2D eigenvalue weighted by Gasteiger charge is 2.10. The van der Waals surface area contributed by atoms with Crippen molar-refractivity contribution in [3.05, 3.63) is 69.7 Å². The number of carboxylic acids is 1. The van der Waals surface area contributed by atoms with Gasteiger partial charge in [0, 0.05) is 6.42 Å². The first kappa shape index (κ1) is 21.1. The highest BCUT2D eigenvalue weighted by Crippen LogP contribution is 2.34. The van der Waals surface area contributed by atoms with Crippen LogP contribution in [0, 0.1) is 6.92 Å². The fourth-order valence-corrected chi connectivity index (χ4v) is 3.26. The number of hydrogen-bond donors (Lipinski definition) is 1. The lowest BCUT2D eigenvalue weighted by Crippen LogP contribution is -2.10. The van der Waals surface area contributed by atoms with Crippen LogP contribution in [0.1, 0.15) is 24.0 Å². The van der Waals surface area contributed by atoms with Crippen molar-refractivity contribution >= 4 is 29.2 Å². The van der Waals surface area contributed by atoms with Crippen LogP contribution in [0.5, 0.6) is 11.5 Å². The van der Waals surface area contributed by atoms with E-state index in [1.165, 1.54) is 0 Å². The number of benzene rings is 2. The maximum atomic E-state index is 10.7. The molecule has 0 heterocycles. The molecule has 0 unspecified atom stereocenters. The van der Waals surface area contributed by atoms with Gasteiger partial charge in [-0.2, -0.15) is 0 Å². The molecule has 6 heteroatoms. The van der Waals surface area contributed by atoms with E-state index in [1.807, 2.05) is 31.2 Å². The van der Waals surface area contributed by atoms with Gasteiger partial charge in [0.1, 0.15) is 19.0 Å². The molecule has 0 spiro atoms. The SMILES string of the molecule is C=C(CCC(=O)O)Cc1ccccc1OCCOc1c(Cl)cc(C)cc1Cl. The molecule has 0 radical (unpaired) electrons. The second kappa shape index (κ2) is 10.2. The van der Waals surface area contributed by atoms with Gasteiger partial charge in [0.25, 0.3) is 0 Å². The van der Waals surface area contributed by atoms with Crippen molar-refractivity contribution in [1.82, 2.24) is 0 Å². The third-order valence-electron chi connectivity index (χ3n) is 3.84. The highest BCUT2D eigenvalue weighted by atomic mass is 35.5. The number of rotatable bonds is 10. The summed E-state index contributed by atoms with van der Waals surface area (Å²) in [6.45, 7) is 6.47. The zero-order valence-corrected chi connectivity index (χ0v) is 16.6. The van der Waals surface area contributed by atoms with Crippen molar-refractivity contribution in [2.75, 3.05) is 13.2 Å². The summed E-state index contributed by atoms with van der Waals surface area (Å²) in [4.78, 5) is 10.7. The van der Waals surface area contributed by atoms with Gasteiger partial charge in [-0.25, -0.2) is 0 Å². The Labute approximate surface area is 169 Å². The van der Waals surface area contributed by atoms with E-state index < -0.39 is 5.97 Å². The van der Waals surface area contributed by atoms with Crippen LogP contribution in [0.15, 0.2) is 48.6 Å². The maximum Gasteiger partial charge on any atom is 0.303 e. The van der Waals surface area contributed by atoms with E-state index in [2.05, 4.69) is 6.58 Å². The first-order valence-corrected chi connectivity index (χ1v) is 9.30. The summed E-state index contributed by atoms with van der Waals surface area (Å²) in [5, 5.41) is 9.71. The lowest BCUT2D eigenvalue weighted by molar-refractivity contribution is -0.136. The monoisotopic (exact) mass is 408 g/mol. The van der Waals surface area contributed by atoms with Crippen LogP contribution < -0.4 is 9.47 Å². The van der Waals surface area contributed by atoms with Crippen molar-refractivity contribution in [3.63, 3.8) is 0 Å². The van der Waals surface area contributed by atoms with Crippen molar-refractivity contribution in [2.45, 2.75) is 26.2 Å². The molecule has 0 aromatic heterocycles. The van der Waals surface area contributed by atoms with Crippen LogP contribution in [0.25, 0.3) is 0 Å². The van der Waals surface area contributed by atoms with Gasteiger partial charge in [0.2, 0.25) is 0 Å². The number of carboxylic acid groups (broad SMARTS) is 1. The lowest BCUT2D eigenvalue weighted by atomic mass is 10.0. The van der Waals surface area contributed by atoms with Crippen LogP contribution in [-0.4, -0.2) is 24.3 Å². The number of ether oxygens (including phenoxy) is 2. The Kier molecular flexibility index (Phi) is 8.01. The summed E-state index contributed by atoms with van der Waals surface area (Å²) in [6.07, 6.45) is 1.09. The topological polar surface area (TPSA) is 55.8 Å². The van der Waals surface area contributed by atoms with Crippen LogP contribution >= 0.6 is 23.2 Å². The summed E-state index contributed by atoms with van der Waals surface area (Å²) >= 11 is 12.3. The molecule has 0 aliphatic heterocycles. The summed E-state index contributed by atoms with van der Waals surface area (Å²) in [6, 6.07) is 11.2.